The molecule has 122 valence electrons. The van der Waals surface area contributed by atoms with Crippen LogP contribution in [0.3, 0.4) is 0 Å². The topological polar surface area (TPSA) is 50.4 Å². The molecule has 0 spiro atoms. The number of nitrogens with zero attached hydrogens (tertiary/aromatic N) is 2. The van der Waals surface area contributed by atoms with Crippen LogP contribution < -0.4 is 14.4 Å². The summed E-state index contributed by atoms with van der Waals surface area (Å²) in [4.78, 5) is 2.46. The van der Waals surface area contributed by atoms with Crippen molar-refractivity contribution in [3.63, 3.8) is 0 Å². The van der Waals surface area contributed by atoms with E-state index in [1.807, 2.05) is 26.0 Å². The predicted octanol–water partition coefficient (Wildman–Crippen LogP) is 3.57. The maximum atomic E-state index is 5.87. The smallest absolute Gasteiger partial charge is 0.132 e. The Bertz CT molecular complexity index is 702. The lowest BCUT2D eigenvalue weighted by molar-refractivity contribution is 0.324. The van der Waals surface area contributed by atoms with E-state index in [4.69, 9.17) is 9.47 Å². The highest BCUT2D eigenvalue weighted by molar-refractivity contribution is 5.82. The van der Waals surface area contributed by atoms with Crippen LogP contribution in [0, 0.1) is 0 Å². The van der Waals surface area contributed by atoms with Crippen molar-refractivity contribution >= 4 is 5.69 Å². The Morgan fingerprint density at radius 3 is 2.70 bits per heavy atom. The minimum Gasteiger partial charge on any atom is -0.494 e. The van der Waals surface area contributed by atoms with Crippen LogP contribution in [0.2, 0.25) is 0 Å². The minimum absolute atomic E-state index is 0.627. The van der Waals surface area contributed by atoms with Gasteiger partial charge in [-0.2, -0.15) is 5.10 Å². The molecule has 0 radical (unpaired) electrons. The molecule has 5 nitrogen and oxygen atoms in total. The zero-order chi connectivity index (χ0) is 15.8. The Kier molecular flexibility index (Phi) is 3.63. The summed E-state index contributed by atoms with van der Waals surface area (Å²) in [7, 11) is 0. The highest BCUT2D eigenvalue weighted by Gasteiger charge is 2.35. The summed E-state index contributed by atoms with van der Waals surface area (Å²) in [5, 5.41) is 7.93. The molecule has 1 saturated heterocycles. The van der Waals surface area contributed by atoms with Crippen LogP contribution >= 0.6 is 0 Å². The van der Waals surface area contributed by atoms with Gasteiger partial charge in [0.2, 0.25) is 0 Å². The standard InChI is InChI=1S/C18H23N3O2/c1-3-22-13-5-6-14(15(11-13)23-4-2)17-18-16(19-20-17)12-7-9-21(18)10-8-12/h5-6,11-12H,3-4,7-10H2,1-2H3,(H,19,20). The van der Waals surface area contributed by atoms with Crippen LogP contribution in [0.4, 0.5) is 5.69 Å². The van der Waals surface area contributed by atoms with Crippen molar-refractivity contribution in [2.75, 3.05) is 31.2 Å². The number of aromatic nitrogens is 2. The van der Waals surface area contributed by atoms with Crippen molar-refractivity contribution in [3.8, 4) is 22.8 Å². The third kappa shape index (κ3) is 2.35. The first kappa shape index (κ1) is 14.4. The van der Waals surface area contributed by atoms with Crippen LogP contribution in [-0.4, -0.2) is 36.5 Å². The molecule has 1 fully saturated rings. The van der Waals surface area contributed by atoms with Gasteiger partial charge in [0.25, 0.3) is 0 Å². The van der Waals surface area contributed by atoms with E-state index in [0.29, 0.717) is 19.1 Å². The van der Waals surface area contributed by atoms with Gasteiger partial charge < -0.3 is 14.4 Å². The SMILES string of the molecule is CCOc1ccc(-c2n[nH]c3c2N2CCC3CC2)c(OCC)c1. The van der Waals surface area contributed by atoms with Gasteiger partial charge in [-0.05, 0) is 38.8 Å². The molecule has 5 rings (SSSR count). The van der Waals surface area contributed by atoms with E-state index >= 15 is 0 Å². The number of H-pyrrole nitrogens is 1. The van der Waals surface area contributed by atoms with Gasteiger partial charge >= 0.3 is 0 Å². The highest BCUT2D eigenvalue weighted by Crippen LogP contribution is 2.47. The maximum Gasteiger partial charge on any atom is 0.132 e. The van der Waals surface area contributed by atoms with Gasteiger partial charge in [0, 0.05) is 30.6 Å². The fourth-order valence-corrected chi connectivity index (χ4v) is 3.76. The molecule has 0 amide bonds. The first-order valence-electron chi connectivity index (χ1n) is 8.55. The van der Waals surface area contributed by atoms with Gasteiger partial charge in [0.1, 0.15) is 17.2 Å². The summed E-state index contributed by atoms with van der Waals surface area (Å²) in [5.41, 5.74) is 4.63. The van der Waals surface area contributed by atoms with Crippen molar-refractivity contribution in [2.45, 2.75) is 32.6 Å². The van der Waals surface area contributed by atoms with Gasteiger partial charge in [-0.1, -0.05) is 0 Å². The Hall–Kier alpha value is -2.17. The van der Waals surface area contributed by atoms with Crippen molar-refractivity contribution in [2.24, 2.45) is 0 Å². The summed E-state index contributed by atoms with van der Waals surface area (Å²) in [6, 6.07) is 6.04. The first-order chi connectivity index (χ1) is 11.3. The summed E-state index contributed by atoms with van der Waals surface area (Å²) < 4.78 is 11.5. The third-order valence-corrected chi connectivity index (χ3v) is 4.81. The van der Waals surface area contributed by atoms with E-state index in [1.165, 1.54) is 24.2 Å². The normalized spacial score (nSPS) is 16.5. The molecule has 2 bridgehead atoms. The Morgan fingerprint density at radius 2 is 1.96 bits per heavy atom. The summed E-state index contributed by atoms with van der Waals surface area (Å²) in [5.74, 6) is 2.32. The van der Waals surface area contributed by atoms with E-state index in [1.54, 1.807) is 0 Å². The van der Waals surface area contributed by atoms with Crippen molar-refractivity contribution in [3.05, 3.63) is 23.9 Å². The molecule has 3 aliphatic heterocycles. The van der Waals surface area contributed by atoms with Crippen LogP contribution in [0.5, 0.6) is 11.5 Å². The van der Waals surface area contributed by atoms with Gasteiger partial charge in [0.15, 0.2) is 0 Å². The monoisotopic (exact) mass is 313 g/mol. The molecule has 4 heterocycles. The number of hydrogen-bond donors (Lipinski definition) is 1. The predicted molar refractivity (Wildman–Crippen MR) is 90.5 cm³/mol. The molecule has 0 atom stereocenters. The van der Waals surface area contributed by atoms with Crippen LogP contribution in [0.15, 0.2) is 18.2 Å². The zero-order valence-electron chi connectivity index (χ0n) is 13.8. The second-order valence-electron chi connectivity index (χ2n) is 6.12. The van der Waals surface area contributed by atoms with Crippen LogP contribution in [0.25, 0.3) is 11.3 Å². The number of piperidine rings is 1. The Labute approximate surface area is 136 Å². The molecular formula is C18H23N3O2. The molecule has 3 aliphatic rings. The molecule has 0 unspecified atom stereocenters. The lowest BCUT2D eigenvalue weighted by Gasteiger charge is -2.40. The van der Waals surface area contributed by atoms with E-state index in [2.05, 4.69) is 21.2 Å². The number of anilines is 1. The molecule has 2 aromatic rings. The van der Waals surface area contributed by atoms with E-state index < -0.39 is 0 Å². The molecule has 0 saturated carbocycles. The van der Waals surface area contributed by atoms with Crippen LogP contribution in [-0.2, 0) is 0 Å². The number of aromatic amines is 1. The summed E-state index contributed by atoms with van der Waals surface area (Å²) in [6.07, 6.45) is 2.46. The zero-order valence-corrected chi connectivity index (χ0v) is 13.8. The van der Waals surface area contributed by atoms with Crippen molar-refractivity contribution in [1.82, 2.24) is 10.2 Å². The fourth-order valence-electron chi connectivity index (χ4n) is 3.76. The van der Waals surface area contributed by atoms with E-state index in [-0.39, 0.29) is 0 Å². The number of ether oxygens (including phenoxy) is 2. The fraction of sp³-hybridized carbons (Fsp3) is 0.500. The minimum atomic E-state index is 0.627. The van der Waals surface area contributed by atoms with Crippen LogP contribution in [0.1, 0.15) is 38.3 Å². The molecule has 0 aliphatic carbocycles. The van der Waals surface area contributed by atoms with Gasteiger partial charge in [-0.3, -0.25) is 5.10 Å². The molecule has 23 heavy (non-hydrogen) atoms. The average Bonchev–Trinajstić information content (AvgIpc) is 3.04. The lowest BCUT2D eigenvalue weighted by atomic mass is 9.86. The van der Waals surface area contributed by atoms with Gasteiger partial charge in [-0.15, -0.1) is 0 Å². The largest absolute Gasteiger partial charge is 0.494 e. The molecule has 1 aromatic carbocycles. The molecular weight excluding hydrogens is 290 g/mol. The second kappa shape index (κ2) is 5.80. The first-order valence-corrected chi connectivity index (χ1v) is 8.55. The number of benzene rings is 1. The number of rotatable bonds is 5. The summed E-state index contributed by atoms with van der Waals surface area (Å²) in [6.45, 7) is 7.53. The third-order valence-electron chi connectivity index (χ3n) is 4.81. The Balaban J connectivity index is 1.79. The Morgan fingerprint density at radius 1 is 1.17 bits per heavy atom. The van der Waals surface area contributed by atoms with E-state index in [9.17, 15) is 0 Å². The number of fused-ring (bicyclic) bond motifs is 2. The van der Waals surface area contributed by atoms with E-state index in [0.717, 1.165) is 35.8 Å². The van der Waals surface area contributed by atoms with Crippen molar-refractivity contribution < 1.29 is 9.47 Å². The maximum absolute atomic E-state index is 5.87. The summed E-state index contributed by atoms with van der Waals surface area (Å²) >= 11 is 0. The second-order valence-corrected chi connectivity index (χ2v) is 6.12. The highest BCUT2D eigenvalue weighted by atomic mass is 16.5. The number of hydrogen-bond acceptors (Lipinski definition) is 4. The molecule has 5 heteroatoms. The molecule has 1 aromatic heterocycles. The van der Waals surface area contributed by atoms with Gasteiger partial charge in [0.05, 0.1) is 24.6 Å². The average molecular weight is 313 g/mol. The molecule has 1 N–H and O–H groups in total. The van der Waals surface area contributed by atoms with Gasteiger partial charge in [-0.25, -0.2) is 0 Å². The van der Waals surface area contributed by atoms with Crippen molar-refractivity contribution in [1.29, 1.82) is 0 Å². The lowest BCUT2D eigenvalue weighted by Crippen LogP contribution is -2.38. The number of nitrogens with one attached hydrogen (secondary N) is 1. The quantitative estimate of drug-likeness (QED) is 0.917.